The molecule has 2 aromatic rings. The fourth-order valence-corrected chi connectivity index (χ4v) is 6.59. The van der Waals surface area contributed by atoms with E-state index in [-0.39, 0.29) is 35.5 Å². The summed E-state index contributed by atoms with van der Waals surface area (Å²) in [6, 6.07) is 5.80. The Labute approximate surface area is 206 Å². The van der Waals surface area contributed by atoms with Crippen molar-refractivity contribution in [2.75, 3.05) is 24.2 Å². The summed E-state index contributed by atoms with van der Waals surface area (Å²) in [6.07, 6.45) is 1.15. The van der Waals surface area contributed by atoms with Crippen LogP contribution in [-0.4, -0.2) is 60.4 Å². The molecule has 0 saturated carbocycles. The molecule has 4 rings (SSSR count). The number of nitrogens with one attached hydrogen (secondary N) is 2. The molecular weight excluding hydrogens is 491 g/mol. The summed E-state index contributed by atoms with van der Waals surface area (Å²) in [7, 11) is -3.16. The molecule has 12 nitrogen and oxygen atoms in total. The summed E-state index contributed by atoms with van der Waals surface area (Å²) >= 11 is 0. The van der Waals surface area contributed by atoms with Crippen LogP contribution in [0.1, 0.15) is 47.1 Å². The standard InChI is InChI=1S/C22H23FN8O4S/c1-13-9-14(10-24)11-25-17(13)19(32)28-16-6-5-15(23)18(27-16)22(2)12-36(35)26-7-3-4-8-31(36)20(30-22)29-21(33)34/h5-6,9,11H,3-4,7-8,12H2,1-2H3,(H,29,30)(H,33,34)(H,27,28,32)/t22-,36?/m0/s1. The number of carbonyl (C=O) groups is 2. The Morgan fingerprint density at radius 3 is 2.78 bits per heavy atom. The van der Waals surface area contributed by atoms with Crippen LogP contribution in [0.3, 0.4) is 0 Å². The maximum absolute atomic E-state index is 15.1. The van der Waals surface area contributed by atoms with Crippen molar-refractivity contribution in [3.8, 4) is 6.07 Å². The molecule has 4 heterocycles. The SMILES string of the molecule is Cc1cc(C#N)cnc1C(=O)Nc1ccc(F)c([C@]2(C)CS3(=O)=NCCCCN3C(NC(=O)O)=N2)n1. The maximum Gasteiger partial charge on any atom is 0.411 e. The van der Waals surface area contributed by atoms with Gasteiger partial charge in [0.2, 0.25) is 5.96 Å². The first-order valence-electron chi connectivity index (χ1n) is 11.0. The van der Waals surface area contributed by atoms with Crippen molar-refractivity contribution >= 4 is 33.7 Å². The zero-order chi connectivity index (χ0) is 26.1. The van der Waals surface area contributed by atoms with Gasteiger partial charge in [-0.25, -0.2) is 32.7 Å². The van der Waals surface area contributed by atoms with Crippen molar-refractivity contribution in [2.24, 2.45) is 9.36 Å². The van der Waals surface area contributed by atoms with Crippen molar-refractivity contribution < 1.29 is 23.3 Å². The number of hydrogen-bond donors (Lipinski definition) is 3. The number of rotatable bonds is 3. The van der Waals surface area contributed by atoms with E-state index in [1.54, 1.807) is 6.92 Å². The van der Waals surface area contributed by atoms with Crippen molar-refractivity contribution in [3.63, 3.8) is 0 Å². The Kier molecular flexibility index (Phi) is 6.59. The third-order valence-corrected chi connectivity index (χ3v) is 8.27. The van der Waals surface area contributed by atoms with Crippen LogP contribution in [-0.2, 0) is 15.5 Å². The van der Waals surface area contributed by atoms with Crippen LogP contribution in [0.2, 0.25) is 0 Å². The van der Waals surface area contributed by atoms with Gasteiger partial charge in [-0.2, -0.15) is 5.26 Å². The van der Waals surface area contributed by atoms with Gasteiger partial charge in [0.05, 0.1) is 17.9 Å². The first-order valence-corrected chi connectivity index (χ1v) is 12.6. The molecule has 1 unspecified atom stereocenters. The highest BCUT2D eigenvalue weighted by Crippen LogP contribution is 2.35. The maximum atomic E-state index is 15.1. The summed E-state index contributed by atoms with van der Waals surface area (Å²) in [5, 5.41) is 23.0. The lowest BCUT2D eigenvalue weighted by Gasteiger charge is -2.38. The predicted octanol–water partition coefficient (Wildman–Crippen LogP) is 2.38. The molecular formula is C22H23FN8O4S. The van der Waals surface area contributed by atoms with Gasteiger partial charge in [-0.1, -0.05) is 0 Å². The molecule has 0 bridgehead atoms. The van der Waals surface area contributed by atoms with Crippen molar-refractivity contribution in [1.82, 2.24) is 19.6 Å². The van der Waals surface area contributed by atoms with Gasteiger partial charge in [0.1, 0.15) is 44.5 Å². The van der Waals surface area contributed by atoms with Crippen LogP contribution < -0.4 is 10.6 Å². The number of aliphatic imine (C=N–C) groups is 1. The number of fused-ring (bicyclic) bond motifs is 1. The second kappa shape index (κ2) is 9.50. The van der Waals surface area contributed by atoms with E-state index < -0.39 is 33.3 Å². The molecule has 0 spiro atoms. The monoisotopic (exact) mass is 514 g/mol. The number of carbonyl (C=O) groups excluding carboxylic acids is 1. The molecule has 0 saturated heterocycles. The van der Waals surface area contributed by atoms with E-state index in [2.05, 4.69) is 30.0 Å². The molecule has 2 aliphatic rings. The number of halogens is 1. The molecule has 0 aromatic carbocycles. The van der Waals surface area contributed by atoms with E-state index in [1.807, 2.05) is 6.07 Å². The normalized spacial score (nSPS) is 23.3. The Morgan fingerprint density at radius 1 is 1.31 bits per heavy atom. The second-order valence-corrected chi connectivity index (χ2v) is 10.7. The predicted molar refractivity (Wildman–Crippen MR) is 128 cm³/mol. The zero-order valence-electron chi connectivity index (χ0n) is 19.5. The molecule has 2 aromatic heterocycles. The molecule has 3 N–H and O–H groups in total. The third kappa shape index (κ3) is 4.82. The van der Waals surface area contributed by atoms with Gasteiger partial charge < -0.3 is 10.4 Å². The minimum Gasteiger partial charge on any atom is -0.465 e. The number of hydrogen-bond acceptors (Lipinski definition) is 8. The van der Waals surface area contributed by atoms with Crippen LogP contribution in [0, 0.1) is 24.1 Å². The van der Waals surface area contributed by atoms with Crippen LogP contribution in [0.4, 0.5) is 15.0 Å². The van der Waals surface area contributed by atoms with Gasteiger partial charge in [-0.05, 0) is 50.5 Å². The van der Waals surface area contributed by atoms with Crippen LogP contribution in [0.15, 0.2) is 33.8 Å². The van der Waals surface area contributed by atoms with Crippen LogP contribution in [0.25, 0.3) is 0 Å². The number of nitrogens with zero attached hydrogens (tertiary/aromatic N) is 6. The lowest BCUT2D eigenvalue weighted by Crippen LogP contribution is -2.55. The van der Waals surface area contributed by atoms with E-state index in [9.17, 15) is 18.9 Å². The largest absolute Gasteiger partial charge is 0.465 e. The first-order chi connectivity index (χ1) is 17.0. The number of guanidine groups is 1. The lowest BCUT2D eigenvalue weighted by atomic mass is 9.99. The Bertz CT molecular complexity index is 1450. The number of carboxylic acid groups (broad SMARTS) is 1. The highest BCUT2D eigenvalue weighted by molar-refractivity contribution is 7.92. The highest BCUT2D eigenvalue weighted by atomic mass is 32.2. The van der Waals surface area contributed by atoms with Gasteiger partial charge >= 0.3 is 6.09 Å². The van der Waals surface area contributed by atoms with Crippen LogP contribution >= 0.6 is 0 Å². The van der Waals surface area contributed by atoms with Gasteiger partial charge in [0.25, 0.3) is 5.91 Å². The smallest absolute Gasteiger partial charge is 0.411 e. The minimum absolute atomic E-state index is 0.0127. The third-order valence-electron chi connectivity index (χ3n) is 5.70. The average Bonchev–Trinajstić information content (AvgIpc) is 3.00. The molecule has 188 valence electrons. The zero-order valence-corrected chi connectivity index (χ0v) is 20.3. The summed E-state index contributed by atoms with van der Waals surface area (Å²) in [5.74, 6) is -1.82. The Hall–Kier alpha value is -4.12. The van der Waals surface area contributed by atoms with Crippen LogP contribution in [0.5, 0.6) is 0 Å². The fraction of sp³-hybridized carbons (Fsp3) is 0.364. The average molecular weight is 515 g/mol. The van der Waals surface area contributed by atoms with Gasteiger partial charge in [-0.3, -0.25) is 14.4 Å². The number of pyridine rings is 2. The number of amides is 2. The Morgan fingerprint density at radius 2 is 2.08 bits per heavy atom. The topological polar surface area (TPSA) is 173 Å². The van der Waals surface area contributed by atoms with E-state index in [4.69, 9.17) is 5.26 Å². The lowest BCUT2D eigenvalue weighted by molar-refractivity contribution is 0.102. The number of nitriles is 1. The number of aryl methyl sites for hydroxylation is 1. The number of anilines is 1. The van der Waals surface area contributed by atoms with Gasteiger partial charge in [0, 0.05) is 12.7 Å². The molecule has 2 aliphatic heterocycles. The van der Waals surface area contributed by atoms with E-state index >= 15 is 4.39 Å². The molecule has 36 heavy (non-hydrogen) atoms. The summed E-state index contributed by atoms with van der Waals surface area (Å²) < 4.78 is 34.5. The first kappa shape index (κ1) is 25.0. The van der Waals surface area contributed by atoms with E-state index in [0.717, 1.165) is 6.07 Å². The van der Waals surface area contributed by atoms with E-state index in [0.29, 0.717) is 30.5 Å². The van der Waals surface area contributed by atoms with Gasteiger partial charge in [0.15, 0.2) is 0 Å². The Balaban J connectivity index is 1.73. The van der Waals surface area contributed by atoms with Gasteiger partial charge in [-0.15, -0.1) is 0 Å². The molecule has 0 radical (unpaired) electrons. The summed E-state index contributed by atoms with van der Waals surface area (Å²) in [6.45, 7) is 3.71. The highest BCUT2D eigenvalue weighted by Gasteiger charge is 2.44. The van der Waals surface area contributed by atoms with Crippen molar-refractivity contribution in [2.45, 2.75) is 32.2 Å². The molecule has 2 amide bonds. The molecule has 0 fully saturated rings. The molecule has 0 aliphatic carbocycles. The van der Waals surface area contributed by atoms with Crippen molar-refractivity contribution in [1.29, 1.82) is 5.26 Å². The second-order valence-electron chi connectivity index (χ2n) is 8.53. The number of aromatic nitrogens is 2. The fourth-order valence-electron chi connectivity index (χ4n) is 4.09. The minimum atomic E-state index is -3.16. The summed E-state index contributed by atoms with van der Waals surface area (Å²) in [5.41, 5.74) is -0.947. The van der Waals surface area contributed by atoms with Crippen molar-refractivity contribution in [3.05, 3.63) is 52.7 Å². The van der Waals surface area contributed by atoms with E-state index in [1.165, 1.54) is 29.6 Å². The quantitative estimate of drug-likeness (QED) is 0.564. The summed E-state index contributed by atoms with van der Waals surface area (Å²) in [4.78, 5) is 36.9. The molecule has 14 heteroatoms. The molecule has 2 atom stereocenters.